The third-order valence-corrected chi connectivity index (χ3v) is 3.81. The fourth-order valence-corrected chi connectivity index (χ4v) is 2.66. The van der Waals surface area contributed by atoms with Gasteiger partial charge in [-0.25, -0.2) is 8.42 Å². The van der Waals surface area contributed by atoms with E-state index in [0.717, 1.165) is 6.42 Å². The van der Waals surface area contributed by atoms with Gasteiger partial charge in [0.25, 0.3) is 0 Å². The Balaban J connectivity index is 3.93. The van der Waals surface area contributed by atoms with Crippen LogP contribution in [0.15, 0.2) is 0 Å². The van der Waals surface area contributed by atoms with E-state index in [2.05, 4.69) is 13.8 Å². The van der Waals surface area contributed by atoms with Crippen LogP contribution in [0.2, 0.25) is 0 Å². The molecule has 0 bridgehead atoms. The normalized spacial score (nSPS) is 15.1. The van der Waals surface area contributed by atoms with Gasteiger partial charge in [0.05, 0.1) is 5.75 Å². The van der Waals surface area contributed by atoms with Crippen LogP contribution in [-0.2, 0) is 9.84 Å². The van der Waals surface area contributed by atoms with Gasteiger partial charge in [-0.1, -0.05) is 27.7 Å². The van der Waals surface area contributed by atoms with Crippen LogP contribution in [0.3, 0.4) is 0 Å². The Kier molecular flexibility index (Phi) is 4.83. The van der Waals surface area contributed by atoms with E-state index < -0.39 is 9.84 Å². The molecule has 0 aromatic carbocycles. The van der Waals surface area contributed by atoms with Gasteiger partial charge in [0, 0.05) is 5.75 Å². The molecule has 0 N–H and O–H groups in total. The third-order valence-electron chi connectivity index (χ3n) is 1.85. The summed E-state index contributed by atoms with van der Waals surface area (Å²) in [6.45, 7) is 7.95. The van der Waals surface area contributed by atoms with Crippen molar-refractivity contribution in [2.45, 2.75) is 34.1 Å². The molecule has 2 nitrogen and oxygen atoms in total. The SMILES string of the molecule is CCS(=O)(=O)CC(C)CC(C)C. The summed E-state index contributed by atoms with van der Waals surface area (Å²) in [7, 11) is -2.76. The first-order valence-electron chi connectivity index (χ1n) is 4.57. The average molecular weight is 192 g/mol. The molecule has 0 saturated carbocycles. The van der Waals surface area contributed by atoms with Crippen molar-refractivity contribution in [3.05, 3.63) is 0 Å². The van der Waals surface area contributed by atoms with E-state index in [1.165, 1.54) is 0 Å². The van der Waals surface area contributed by atoms with Gasteiger partial charge in [0.1, 0.15) is 9.84 Å². The fraction of sp³-hybridized carbons (Fsp3) is 1.00. The van der Waals surface area contributed by atoms with Gasteiger partial charge in [-0.2, -0.15) is 0 Å². The highest BCUT2D eigenvalue weighted by Gasteiger charge is 2.14. The quantitative estimate of drug-likeness (QED) is 0.668. The first kappa shape index (κ1) is 11.9. The zero-order valence-corrected chi connectivity index (χ0v) is 9.32. The first-order chi connectivity index (χ1) is 5.37. The lowest BCUT2D eigenvalue weighted by Gasteiger charge is -2.12. The lowest BCUT2D eigenvalue weighted by Crippen LogP contribution is -2.16. The minimum Gasteiger partial charge on any atom is -0.229 e. The number of sulfone groups is 1. The summed E-state index contributed by atoms with van der Waals surface area (Å²) in [5, 5.41) is 0. The molecule has 12 heavy (non-hydrogen) atoms. The van der Waals surface area contributed by atoms with E-state index in [9.17, 15) is 8.42 Å². The molecule has 0 rings (SSSR count). The van der Waals surface area contributed by atoms with E-state index in [0.29, 0.717) is 17.6 Å². The molecule has 1 unspecified atom stereocenters. The second-order valence-corrected chi connectivity index (χ2v) is 6.33. The predicted octanol–water partition coefficient (Wildman–Crippen LogP) is 2.10. The summed E-state index contributed by atoms with van der Waals surface area (Å²) >= 11 is 0. The van der Waals surface area contributed by atoms with Crippen LogP contribution in [0.4, 0.5) is 0 Å². The minimum atomic E-state index is -2.76. The first-order valence-corrected chi connectivity index (χ1v) is 6.40. The highest BCUT2D eigenvalue weighted by Crippen LogP contribution is 2.13. The van der Waals surface area contributed by atoms with Crippen LogP contribution in [0.5, 0.6) is 0 Å². The second-order valence-electron chi connectivity index (χ2n) is 3.93. The van der Waals surface area contributed by atoms with E-state index in [-0.39, 0.29) is 5.75 Å². The molecule has 3 heteroatoms. The predicted molar refractivity (Wildman–Crippen MR) is 52.9 cm³/mol. The summed E-state index contributed by atoms with van der Waals surface area (Å²) in [5.41, 5.74) is 0. The molecule has 0 amide bonds. The smallest absolute Gasteiger partial charge is 0.150 e. The van der Waals surface area contributed by atoms with Crippen LogP contribution in [-0.4, -0.2) is 19.9 Å². The summed E-state index contributed by atoms with van der Waals surface area (Å²) in [6.07, 6.45) is 0.999. The number of hydrogen-bond donors (Lipinski definition) is 0. The maximum atomic E-state index is 11.2. The molecular weight excluding hydrogens is 172 g/mol. The van der Waals surface area contributed by atoms with Gasteiger partial charge in [-0.3, -0.25) is 0 Å². The summed E-state index contributed by atoms with van der Waals surface area (Å²) < 4.78 is 22.4. The molecular formula is C9H20O2S. The van der Waals surface area contributed by atoms with Gasteiger partial charge in [0.2, 0.25) is 0 Å². The molecule has 0 aromatic rings. The van der Waals surface area contributed by atoms with Crippen LogP contribution in [0.1, 0.15) is 34.1 Å². The number of hydrogen-bond acceptors (Lipinski definition) is 2. The highest BCUT2D eigenvalue weighted by molar-refractivity contribution is 7.91. The van der Waals surface area contributed by atoms with Gasteiger partial charge in [-0.15, -0.1) is 0 Å². The maximum Gasteiger partial charge on any atom is 0.150 e. The summed E-state index contributed by atoms with van der Waals surface area (Å²) in [4.78, 5) is 0. The Morgan fingerprint density at radius 1 is 1.17 bits per heavy atom. The van der Waals surface area contributed by atoms with Gasteiger partial charge >= 0.3 is 0 Å². The van der Waals surface area contributed by atoms with E-state index >= 15 is 0 Å². The number of rotatable bonds is 5. The molecule has 0 heterocycles. The molecule has 0 aliphatic rings. The van der Waals surface area contributed by atoms with Crippen LogP contribution >= 0.6 is 0 Å². The zero-order valence-electron chi connectivity index (χ0n) is 8.50. The molecule has 0 saturated heterocycles. The maximum absolute atomic E-state index is 11.2. The van der Waals surface area contributed by atoms with Crippen molar-refractivity contribution in [2.24, 2.45) is 11.8 Å². The van der Waals surface area contributed by atoms with E-state index in [1.54, 1.807) is 6.92 Å². The van der Waals surface area contributed by atoms with Crippen molar-refractivity contribution in [1.82, 2.24) is 0 Å². The summed E-state index contributed by atoms with van der Waals surface area (Å²) in [6, 6.07) is 0. The molecule has 0 aliphatic heterocycles. The largest absolute Gasteiger partial charge is 0.229 e. The Hall–Kier alpha value is -0.0500. The molecule has 74 valence electrons. The minimum absolute atomic E-state index is 0.273. The van der Waals surface area contributed by atoms with Crippen molar-refractivity contribution in [2.75, 3.05) is 11.5 Å². The highest BCUT2D eigenvalue weighted by atomic mass is 32.2. The van der Waals surface area contributed by atoms with Crippen molar-refractivity contribution < 1.29 is 8.42 Å². The van der Waals surface area contributed by atoms with Crippen molar-refractivity contribution in [3.63, 3.8) is 0 Å². The standard InChI is InChI=1S/C9H20O2S/c1-5-12(10,11)7-9(4)6-8(2)3/h8-9H,5-7H2,1-4H3. The van der Waals surface area contributed by atoms with Gasteiger partial charge < -0.3 is 0 Å². The Labute approximate surface area is 76.3 Å². The molecule has 0 fully saturated rings. The van der Waals surface area contributed by atoms with Gasteiger partial charge in [-0.05, 0) is 18.3 Å². The lowest BCUT2D eigenvalue weighted by molar-refractivity contribution is 0.465. The van der Waals surface area contributed by atoms with Crippen LogP contribution in [0.25, 0.3) is 0 Å². The Morgan fingerprint density at radius 2 is 1.67 bits per heavy atom. The molecule has 0 aromatic heterocycles. The summed E-state index contributed by atoms with van der Waals surface area (Å²) in [5.74, 6) is 1.51. The Morgan fingerprint density at radius 3 is 2.00 bits per heavy atom. The topological polar surface area (TPSA) is 34.1 Å². The Bertz CT molecular complexity index is 205. The van der Waals surface area contributed by atoms with Crippen molar-refractivity contribution in [1.29, 1.82) is 0 Å². The van der Waals surface area contributed by atoms with Gasteiger partial charge in [0.15, 0.2) is 0 Å². The van der Waals surface area contributed by atoms with Crippen molar-refractivity contribution >= 4 is 9.84 Å². The molecule has 1 atom stereocenters. The van der Waals surface area contributed by atoms with E-state index in [4.69, 9.17) is 0 Å². The van der Waals surface area contributed by atoms with E-state index in [1.807, 2.05) is 6.92 Å². The fourth-order valence-electron chi connectivity index (χ4n) is 1.42. The molecule has 0 radical (unpaired) electrons. The van der Waals surface area contributed by atoms with Crippen molar-refractivity contribution in [3.8, 4) is 0 Å². The second kappa shape index (κ2) is 4.85. The van der Waals surface area contributed by atoms with Crippen LogP contribution < -0.4 is 0 Å². The third kappa shape index (κ3) is 5.58. The average Bonchev–Trinajstić information content (AvgIpc) is 1.84. The molecule has 0 spiro atoms. The molecule has 0 aliphatic carbocycles. The van der Waals surface area contributed by atoms with Crippen LogP contribution in [0, 0.1) is 11.8 Å². The monoisotopic (exact) mass is 192 g/mol. The lowest BCUT2D eigenvalue weighted by atomic mass is 10.0. The zero-order chi connectivity index (χ0) is 9.78.